The SMILES string of the molecule is CC(OC(=O)/C=C/c1ccccc1)C(=O)Nc1ccc(F)c([N+](=O)[O-])c1. The highest BCUT2D eigenvalue weighted by molar-refractivity contribution is 5.96. The standard InChI is InChI=1S/C18H15FN2O5/c1-12(26-17(22)10-7-13-5-3-2-4-6-13)18(23)20-14-8-9-15(19)16(11-14)21(24)25/h2-12H,1H3,(H,20,23)/b10-7+. The Balaban J connectivity index is 1.95. The highest BCUT2D eigenvalue weighted by Crippen LogP contribution is 2.21. The number of nitro benzene ring substituents is 1. The van der Waals surface area contributed by atoms with E-state index < -0.39 is 34.4 Å². The number of esters is 1. The summed E-state index contributed by atoms with van der Waals surface area (Å²) in [6, 6.07) is 12.0. The lowest BCUT2D eigenvalue weighted by molar-refractivity contribution is -0.387. The molecule has 0 aromatic heterocycles. The molecule has 134 valence electrons. The van der Waals surface area contributed by atoms with E-state index in [1.807, 2.05) is 18.2 Å². The predicted molar refractivity (Wildman–Crippen MR) is 92.7 cm³/mol. The van der Waals surface area contributed by atoms with Crippen LogP contribution in [0.5, 0.6) is 0 Å². The lowest BCUT2D eigenvalue weighted by Crippen LogP contribution is -2.29. The minimum atomic E-state index is -1.15. The van der Waals surface area contributed by atoms with E-state index in [2.05, 4.69) is 5.32 Å². The Morgan fingerprint density at radius 3 is 2.58 bits per heavy atom. The average molecular weight is 358 g/mol. The van der Waals surface area contributed by atoms with Gasteiger partial charge in [-0.25, -0.2) is 4.79 Å². The highest BCUT2D eigenvalue weighted by atomic mass is 19.1. The van der Waals surface area contributed by atoms with Crippen molar-refractivity contribution in [3.8, 4) is 0 Å². The third kappa shape index (κ3) is 5.23. The number of nitrogens with zero attached hydrogens (tertiary/aromatic N) is 1. The molecular weight excluding hydrogens is 343 g/mol. The van der Waals surface area contributed by atoms with Crippen molar-refractivity contribution in [1.82, 2.24) is 0 Å². The first-order valence-corrected chi connectivity index (χ1v) is 7.55. The van der Waals surface area contributed by atoms with E-state index in [1.165, 1.54) is 25.1 Å². The number of benzene rings is 2. The number of carbonyl (C=O) groups is 2. The van der Waals surface area contributed by atoms with E-state index in [0.717, 1.165) is 17.7 Å². The molecule has 1 unspecified atom stereocenters. The summed E-state index contributed by atoms with van der Waals surface area (Å²) in [6.45, 7) is 1.35. The fraction of sp³-hybridized carbons (Fsp3) is 0.111. The zero-order chi connectivity index (χ0) is 19.1. The smallest absolute Gasteiger partial charge is 0.331 e. The predicted octanol–water partition coefficient (Wildman–Crippen LogP) is 3.32. The summed E-state index contributed by atoms with van der Waals surface area (Å²) in [7, 11) is 0. The molecule has 26 heavy (non-hydrogen) atoms. The van der Waals surface area contributed by atoms with Crippen LogP contribution in [0.3, 0.4) is 0 Å². The minimum absolute atomic E-state index is 0.0193. The molecule has 0 heterocycles. The fourth-order valence-electron chi connectivity index (χ4n) is 1.97. The van der Waals surface area contributed by atoms with E-state index in [9.17, 15) is 24.1 Å². The van der Waals surface area contributed by atoms with Gasteiger partial charge in [-0.15, -0.1) is 0 Å². The number of hydrogen-bond acceptors (Lipinski definition) is 5. The van der Waals surface area contributed by atoms with Crippen LogP contribution in [0.2, 0.25) is 0 Å². The fourth-order valence-corrected chi connectivity index (χ4v) is 1.97. The molecule has 8 heteroatoms. The van der Waals surface area contributed by atoms with E-state index >= 15 is 0 Å². The van der Waals surface area contributed by atoms with Crippen molar-refractivity contribution in [2.75, 3.05) is 5.32 Å². The van der Waals surface area contributed by atoms with Gasteiger partial charge in [-0.1, -0.05) is 30.3 Å². The van der Waals surface area contributed by atoms with Gasteiger partial charge in [-0.2, -0.15) is 4.39 Å². The molecule has 7 nitrogen and oxygen atoms in total. The Kier molecular flexibility index (Phi) is 6.15. The number of ether oxygens (including phenoxy) is 1. The van der Waals surface area contributed by atoms with Crippen molar-refractivity contribution in [2.24, 2.45) is 0 Å². The van der Waals surface area contributed by atoms with E-state index in [4.69, 9.17) is 4.74 Å². The van der Waals surface area contributed by atoms with Crippen molar-refractivity contribution < 1.29 is 23.6 Å². The number of nitro groups is 1. The highest BCUT2D eigenvalue weighted by Gasteiger charge is 2.19. The monoisotopic (exact) mass is 358 g/mol. The quantitative estimate of drug-likeness (QED) is 0.370. The Labute approximate surface area is 148 Å². The van der Waals surface area contributed by atoms with Crippen LogP contribution in [0.15, 0.2) is 54.6 Å². The van der Waals surface area contributed by atoms with Crippen LogP contribution in [-0.4, -0.2) is 22.9 Å². The molecule has 0 radical (unpaired) electrons. The minimum Gasteiger partial charge on any atom is -0.449 e. The molecule has 0 aliphatic rings. The third-order valence-corrected chi connectivity index (χ3v) is 3.28. The van der Waals surface area contributed by atoms with Gasteiger partial charge in [0, 0.05) is 17.8 Å². The second kappa shape index (κ2) is 8.52. The lowest BCUT2D eigenvalue weighted by Gasteiger charge is -2.12. The molecular formula is C18H15FN2O5. The van der Waals surface area contributed by atoms with Crippen LogP contribution >= 0.6 is 0 Å². The van der Waals surface area contributed by atoms with E-state index in [-0.39, 0.29) is 5.69 Å². The summed E-state index contributed by atoms with van der Waals surface area (Å²) in [5.41, 5.74) is 0.0456. The van der Waals surface area contributed by atoms with Crippen LogP contribution in [0.4, 0.5) is 15.8 Å². The second-order valence-corrected chi connectivity index (χ2v) is 5.24. The number of nitrogens with one attached hydrogen (secondary N) is 1. The van der Waals surface area contributed by atoms with E-state index in [1.54, 1.807) is 12.1 Å². The van der Waals surface area contributed by atoms with Gasteiger partial charge in [-0.05, 0) is 30.7 Å². The number of rotatable bonds is 6. The number of amides is 1. The number of anilines is 1. The first-order valence-electron chi connectivity index (χ1n) is 7.55. The van der Waals surface area contributed by atoms with E-state index in [0.29, 0.717) is 0 Å². The Morgan fingerprint density at radius 2 is 1.92 bits per heavy atom. The first-order chi connectivity index (χ1) is 12.4. The summed E-state index contributed by atoms with van der Waals surface area (Å²) in [4.78, 5) is 33.6. The maximum atomic E-state index is 13.3. The van der Waals surface area contributed by atoms with Crippen LogP contribution in [0.1, 0.15) is 12.5 Å². The Morgan fingerprint density at radius 1 is 1.23 bits per heavy atom. The second-order valence-electron chi connectivity index (χ2n) is 5.24. The van der Waals surface area contributed by atoms with Crippen molar-refractivity contribution >= 4 is 29.3 Å². The topological polar surface area (TPSA) is 98.5 Å². The van der Waals surface area contributed by atoms with Crippen LogP contribution in [-0.2, 0) is 14.3 Å². The summed E-state index contributed by atoms with van der Waals surface area (Å²) >= 11 is 0. The first kappa shape index (κ1) is 18.8. The van der Waals surface area contributed by atoms with Gasteiger partial charge in [-0.3, -0.25) is 14.9 Å². The molecule has 0 fully saturated rings. The normalized spacial score (nSPS) is 11.8. The number of halogens is 1. The lowest BCUT2D eigenvalue weighted by atomic mass is 10.2. The molecule has 0 saturated heterocycles. The Hall–Kier alpha value is -3.55. The molecule has 2 aromatic rings. The number of hydrogen-bond donors (Lipinski definition) is 1. The van der Waals surface area contributed by atoms with Crippen molar-refractivity contribution in [3.05, 3.63) is 76.1 Å². The molecule has 2 aromatic carbocycles. The van der Waals surface area contributed by atoms with Gasteiger partial charge in [0.1, 0.15) is 0 Å². The van der Waals surface area contributed by atoms with Crippen LogP contribution < -0.4 is 5.32 Å². The molecule has 1 amide bonds. The average Bonchev–Trinajstić information content (AvgIpc) is 2.62. The van der Waals surface area contributed by atoms with Gasteiger partial charge >= 0.3 is 11.7 Å². The molecule has 0 saturated carbocycles. The molecule has 0 aliphatic carbocycles. The zero-order valence-corrected chi connectivity index (χ0v) is 13.7. The van der Waals surface area contributed by atoms with Crippen molar-refractivity contribution in [3.63, 3.8) is 0 Å². The van der Waals surface area contributed by atoms with Crippen LogP contribution in [0.25, 0.3) is 6.08 Å². The molecule has 0 bridgehead atoms. The van der Waals surface area contributed by atoms with Gasteiger partial charge in [0.25, 0.3) is 5.91 Å². The summed E-state index contributed by atoms with van der Waals surface area (Å²) in [5.74, 6) is -2.44. The largest absolute Gasteiger partial charge is 0.449 e. The third-order valence-electron chi connectivity index (χ3n) is 3.28. The van der Waals surface area contributed by atoms with Crippen LogP contribution in [0, 0.1) is 15.9 Å². The summed E-state index contributed by atoms with van der Waals surface area (Å²) in [5, 5.41) is 13.0. The van der Waals surface area contributed by atoms with Crippen molar-refractivity contribution in [1.29, 1.82) is 0 Å². The maximum absolute atomic E-state index is 13.3. The summed E-state index contributed by atoms with van der Waals surface area (Å²) in [6.07, 6.45) is 1.57. The molecule has 1 atom stereocenters. The molecule has 0 spiro atoms. The molecule has 0 aliphatic heterocycles. The van der Waals surface area contributed by atoms with Gasteiger partial charge in [0.15, 0.2) is 6.10 Å². The summed E-state index contributed by atoms with van der Waals surface area (Å²) < 4.78 is 18.2. The van der Waals surface area contributed by atoms with Gasteiger partial charge in [0.05, 0.1) is 4.92 Å². The zero-order valence-electron chi connectivity index (χ0n) is 13.7. The van der Waals surface area contributed by atoms with Gasteiger partial charge < -0.3 is 10.1 Å². The van der Waals surface area contributed by atoms with Gasteiger partial charge in [0.2, 0.25) is 5.82 Å². The number of carbonyl (C=O) groups excluding carboxylic acids is 2. The molecule has 2 rings (SSSR count). The molecule has 1 N–H and O–H groups in total. The Bertz CT molecular complexity index is 852. The van der Waals surface area contributed by atoms with Crippen molar-refractivity contribution in [2.45, 2.75) is 13.0 Å². The maximum Gasteiger partial charge on any atom is 0.331 e.